The van der Waals surface area contributed by atoms with Gasteiger partial charge in [-0.3, -0.25) is 0 Å². The Kier molecular flexibility index (Phi) is 3.55. The number of methoxy groups -OCH3 is 1. The molecule has 76 valence electrons. The summed E-state index contributed by atoms with van der Waals surface area (Å²) < 4.78 is 4.79. The van der Waals surface area contributed by atoms with Gasteiger partial charge in [0.15, 0.2) is 0 Å². The molecule has 0 aliphatic rings. The van der Waals surface area contributed by atoms with Crippen molar-refractivity contribution < 1.29 is 14.3 Å². The van der Waals surface area contributed by atoms with E-state index in [9.17, 15) is 10.0 Å². The van der Waals surface area contributed by atoms with Crippen molar-refractivity contribution in [2.45, 2.75) is 5.88 Å². The first-order valence-electron chi connectivity index (χ1n) is 3.67. The molecule has 0 aliphatic heterocycles. The topological polar surface area (TPSA) is 53.2 Å². The maximum Gasteiger partial charge on any atom is 0.406 e. The summed E-state index contributed by atoms with van der Waals surface area (Å²) in [4.78, 5) is 11.2. The van der Waals surface area contributed by atoms with E-state index < -0.39 is 5.97 Å². The van der Waals surface area contributed by atoms with E-state index in [0.29, 0.717) is 4.73 Å². The standard InChI is InChI=1S/C8H7Cl2NO3/c1-14-8(12)7-6(10)3-2-5(4-9)11(7)13/h2-3H,4H2,1H3. The smallest absolute Gasteiger partial charge is 0.406 e. The van der Waals surface area contributed by atoms with Crippen LogP contribution in [0.5, 0.6) is 0 Å². The van der Waals surface area contributed by atoms with Gasteiger partial charge in [-0.15, -0.1) is 11.6 Å². The molecule has 14 heavy (non-hydrogen) atoms. The van der Waals surface area contributed by atoms with Gasteiger partial charge in [0.25, 0.3) is 0 Å². The molecule has 0 saturated heterocycles. The quantitative estimate of drug-likeness (QED) is 0.338. The predicted octanol–water partition coefficient (Wildman–Crippen LogP) is 1.50. The Morgan fingerprint density at radius 3 is 2.79 bits per heavy atom. The highest BCUT2D eigenvalue weighted by Gasteiger charge is 2.23. The van der Waals surface area contributed by atoms with Crippen molar-refractivity contribution in [2.24, 2.45) is 0 Å². The monoisotopic (exact) mass is 235 g/mol. The maximum atomic E-state index is 11.5. The van der Waals surface area contributed by atoms with Crippen LogP contribution in [0.25, 0.3) is 0 Å². The zero-order valence-electron chi connectivity index (χ0n) is 7.29. The molecule has 0 bridgehead atoms. The number of pyridine rings is 1. The molecule has 1 rings (SSSR count). The lowest BCUT2D eigenvalue weighted by Gasteiger charge is -2.07. The Hall–Kier alpha value is -1.00. The van der Waals surface area contributed by atoms with E-state index in [2.05, 4.69) is 4.74 Å². The molecule has 0 N–H and O–H groups in total. The molecular weight excluding hydrogens is 229 g/mol. The first kappa shape index (κ1) is 11.1. The third-order valence-corrected chi connectivity index (χ3v) is 2.21. The molecule has 0 unspecified atom stereocenters. The molecule has 1 aromatic rings. The van der Waals surface area contributed by atoms with Gasteiger partial charge in [-0.2, -0.15) is 4.73 Å². The van der Waals surface area contributed by atoms with Gasteiger partial charge in [-0.1, -0.05) is 11.6 Å². The number of rotatable bonds is 2. The molecule has 0 aliphatic carbocycles. The van der Waals surface area contributed by atoms with Crippen LogP contribution in [-0.4, -0.2) is 13.1 Å². The van der Waals surface area contributed by atoms with E-state index in [1.54, 1.807) is 0 Å². The summed E-state index contributed by atoms with van der Waals surface area (Å²) >= 11 is 11.2. The lowest BCUT2D eigenvalue weighted by molar-refractivity contribution is -0.615. The minimum atomic E-state index is -0.781. The Bertz CT molecular complexity index is 368. The average Bonchev–Trinajstić information content (AvgIpc) is 2.18. The van der Waals surface area contributed by atoms with E-state index >= 15 is 0 Å². The summed E-state index contributed by atoms with van der Waals surface area (Å²) in [5.74, 6) is -0.776. The molecule has 6 heteroatoms. The van der Waals surface area contributed by atoms with E-state index in [1.807, 2.05) is 0 Å². The van der Waals surface area contributed by atoms with Gasteiger partial charge in [0.05, 0.1) is 7.11 Å². The molecule has 0 aromatic carbocycles. The van der Waals surface area contributed by atoms with Crippen molar-refractivity contribution in [1.82, 2.24) is 0 Å². The number of hydrogen-bond donors (Lipinski definition) is 0. The second-order valence-corrected chi connectivity index (χ2v) is 3.12. The van der Waals surface area contributed by atoms with Gasteiger partial charge in [-0.25, -0.2) is 4.79 Å². The largest absolute Gasteiger partial charge is 0.618 e. The first-order valence-corrected chi connectivity index (χ1v) is 4.58. The van der Waals surface area contributed by atoms with Crippen LogP contribution in [0.15, 0.2) is 12.1 Å². The molecule has 1 heterocycles. The second kappa shape index (κ2) is 4.48. The number of alkyl halides is 1. The highest BCUT2D eigenvalue weighted by atomic mass is 35.5. The van der Waals surface area contributed by atoms with Crippen molar-refractivity contribution in [1.29, 1.82) is 0 Å². The maximum absolute atomic E-state index is 11.5. The number of halogens is 2. The highest BCUT2D eigenvalue weighted by Crippen LogP contribution is 2.14. The Morgan fingerprint density at radius 1 is 1.64 bits per heavy atom. The number of carbonyl (C=O) groups excluding carboxylic acids is 1. The number of hydrogen-bond acceptors (Lipinski definition) is 3. The summed E-state index contributed by atoms with van der Waals surface area (Å²) in [6, 6.07) is 2.88. The molecule has 0 atom stereocenters. The Balaban J connectivity index is 3.32. The lowest BCUT2D eigenvalue weighted by Crippen LogP contribution is -2.39. The number of carbonyl (C=O) groups is 1. The summed E-state index contributed by atoms with van der Waals surface area (Å²) in [6.07, 6.45) is 0. The fourth-order valence-electron chi connectivity index (χ4n) is 0.933. The summed E-state index contributed by atoms with van der Waals surface area (Å²) in [7, 11) is 1.17. The number of aromatic nitrogens is 1. The van der Waals surface area contributed by atoms with Gasteiger partial charge in [-0.05, 0) is 6.07 Å². The Morgan fingerprint density at radius 2 is 2.29 bits per heavy atom. The fourth-order valence-corrected chi connectivity index (χ4v) is 1.35. The van der Waals surface area contributed by atoms with Gasteiger partial charge in [0.2, 0.25) is 5.69 Å². The SMILES string of the molecule is COC(=O)c1c(Cl)ccc(CCl)[n+]1[O-]. The van der Waals surface area contributed by atoms with E-state index in [4.69, 9.17) is 23.2 Å². The summed E-state index contributed by atoms with van der Waals surface area (Å²) in [6.45, 7) is 0. The Labute approximate surface area is 90.6 Å². The van der Waals surface area contributed by atoms with Crippen molar-refractivity contribution in [2.75, 3.05) is 7.11 Å². The van der Waals surface area contributed by atoms with E-state index in [0.717, 1.165) is 0 Å². The minimum absolute atomic E-state index is 0.00463. The molecular formula is C8H7Cl2NO3. The van der Waals surface area contributed by atoms with Crippen LogP contribution in [0, 0.1) is 5.21 Å². The van der Waals surface area contributed by atoms with Gasteiger partial charge in [0, 0.05) is 6.07 Å². The van der Waals surface area contributed by atoms with Crippen molar-refractivity contribution in [3.05, 3.63) is 33.8 Å². The van der Waals surface area contributed by atoms with Crippen LogP contribution >= 0.6 is 23.2 Å². The van der Waals surface area contributed by atoms with Crippen LogP contribution < -0.4 is 4.73 Å². The molecule has 1 aromatic heterocycles. The van der Waals surface area contributed by atoms with Crippen LogP contribution in [0.4, 0.5) is 0 Å². The predicted molar refractivity (Wildman–Crippen MR) is 51.3 cm³/mol. The van der Waals surface area contributed by atoms with Crippen molar-refractivity contribution >= 4 is 29.2 Å². The average molecular weight is 236 g/mol. The highest BCUT2D eigenvalue weighted by molar-refractivity contribution is 6.33. The molecule has 0 saturated carbocycles. The molecule has 0 amide bonds. The van der Waals surface area contributed by atoms with Crippen LogP contribution in [0.1, 0.15) is 16.2 Å². The van der Waals surface area contributed by atoms with Crippen LogP contribution in [0.3, 0.4) is 0 Å². The second-order valence-electron chi connectivity index (χ2n) is 2.44. The third kappa shape index (κ3) is 1.91. The van der Waals surface area contributed by atoms with Gasteiger partial charge < -0.3 is 9.94 Å². The number of ether oxygens (including phenoxy) is 1. The minimum Gasteiger partial charge on any atom is -0.618 e. The zero-order chi connectivity index (χ0) is 10.7. The van der Waals surface area contributed by atoms with Crippen molar-refractivity contribution in [3.63, 3.8) is 0 Å². The molecule has 0 radical (unpaired) electrons. The summed E-state index contributed by atoms with van der Waals surface area (Å²) in [5, 5.41) is 11.5. The zero-order valence-corrected chi connectivity index (χ0v) is 8.80. The first-order chi connectivity index (χ1) is 6.61. The molecule has 4 nitrogen and oxygen atoms in total. The van der Waals surface area contributed by atoms with Gasteiger partial charge in [0.1, 0.15) is 10.9 Å². The molecule has 0 spiro atoms. The third-order valence-electron chi connectivity index (χ3n) is 1.63. The fraction of sp³-hybridized carbons (Fsp3) is 0.250. The van der Waals surface area contributed by atoms with E-state index in [-0.39, 0.29) is 22.3 Å². The van der Waals surface area contributed by atoms with Crippen LogP contribution in [-0.2, 0) is 10.6 Å². The number of esters is 1. The summed E-state index contributed by atoms with van der Waals surface area (Å²) in [5.41, 5.74) is 0.00350. The van der Waals surface area contributed by atoms with Gasteiger partial charge >= 0.3 is 11.7 Å². The van der Waals surface area contributed by atoms with Crippen LogP contribution in [0.2, 0.25) is 5.02 Å². The van der Waals surface area contributed by atoms with E-state index in [1.165, 1.54) is 19.2 Å². The van der Waals surface area contributed by atoms with Crippen molar-refractivity contribution in [3.8, 4) is 0 Å². The number of nitrogens with zero attached hydrogens (tertiary/aromatic N) is 1. The lowest BCUT2D eigenvalue weighted by atomic mass is 10.3. The normalized spacial score (nSPS) is 9.93. The molecule has 0 fully saturated rings.